The SMILES string of the molecule is C[C@H](C(=O)Nc1cccc([N+](=O)[O-])c1)[n+]1ccccc1. The van der Waals surface area contributed by atoms with E-state index in [1.165, 1.54) is 18.2 Å². The lowest BCUT2D eigenvalue weighted by atomic mass is 10.2. The maximum Gasteiger partial charge on any atom is 0.293 e. The van der Waals surface area contributed by atoms with Crippen LogP contribution in [0.25, 0.3) is 0 Å². The average molecular weight is 272 g/mol. The van der Waals surface area contributed by atoms with Crippen molar-refractivity contribution in [2.24, 2.45) is 0 Å². The van der Waals surface area contributed by atoms with Gasteiger partial charge in [0.2, 0.25) is 6.04 Å². The summed E-state index contributed by atoms with van der Waals surface area (Å²) in [5.74, 6) is -0.235. The highest BCUT2D eigenvalue weighted by atomic mass is 16.6. The third-order valence-electron chi connectivity index (χ3n) is 2.89. The quantitative estimate of drug-likeness (QED) is 0.526. The summed E-state index contributed by atoms with van der Waals surface area (Å²) in [7, 11) is 0. The zero-order valence-corrected chi connectivity index (χ0v) is 10.9. The lowest BCUT2D eigenvalue weighted by molar-refractivity contribution is -0.705. The van der Waals surface area contributed by atoms with E-state index in [1.54, 1.807) is 30.0 Å². The zero-order valence-electron chi connectivity index (χ0n) is 10.9. The van der Waals surface area contributed by atoms with Gasteiger partial charge in [-0.3, -0.25) is 14.9 Å². The van der Waals surface area contributed by atoms with Gasteiger partial charge >= 0.3 is 0 Å². The molecule has 1 aromatic heterocycles. The third kappa shape index (κ3) is 3.17. The van der Waals surface area contributed by atoms with E-state index in [4.69, 9.17) is 0 Å². The van der Waals surface area contributed by atoms with E-state index < -0.39 is 11.0 Å². The van der Waals surface area contributed by atoms with Crippen LogP contribution in [0, 0.1) is 10.1 Å². The second kappa shape index (κ2) is 5.92. The molecule has 1 atom stereocenters. The summed E-state index contributed by atoms with van der Waals surface area (Å²) < 4.78 is 1.76. The normalized spacial score (nSPS) is 11.7. The Morgan fingerprint density at radius 2 is 1.95 bits per heavy atom. The predicted octanol–water partition coefficient (Wildman–Crippen LogP) is 2.08. The van der Waals surface area contributed by atoms with Gasteiger partial charge in [0.05, 0.1) is 4.92 Å². The Bertz CT molecular complexity index is 629. The zero-order chi connectivity index (χ0) is 14.5. The fraction of sp³-hybridized carbons (Fsp3) is 0.143. The van der Waals surface area contributed by atoms with E-state index in [9.17, 15) is 14.9 Å². The second-order valence-corrected chi connectivity index (χ2v) is 4.30. The molecule has 0 spiro atoms. The molecule has 0 aliphatic carbocycles. The number of carbonyl (C=O) groups excluding carboxylic acids is 1. The molecule has 20 heavy (non-hydrogen) atoms. The van der Waals surface area contributed by atoms with E-state index in [-0.39, 0.29) is 11.6 Å². The first-order chi connectivity index (χ1) is 9.58. The maximum absolute atomic E-state index is 12.1. The molecular formula is C14H14N3O3+. The smallest absolute Gasteiger partial charge is 0.293 e. The van der Waals surface area contributed by atoms with Crippen molar-refractivity contribution in [3.8, 4) is 0 Å². The molecule has 6 heteroatoms. The number of nitro groups is 1. The van der Waals surface area contributed by atoms with Crippen molar-refractivity contribution in [3.63, 3.8) is 0 Å². The Balaban J connectivity index is 2.12. The first kappa shape index (κ1) is 13.7. The summed E-state index contributed by atoms with van der Waals surface area (Å²) in [4.78, 5) is 22.3. The Kier molecular flexibility index (Phi) is 4.05. The van der Waals surface area contributed by atoms with E-state index in [0.29, 0.717) is 5.69 Å². The first-order valence-electron chi connectivity index (χ1n) is 6.09. The molecule has 0 saturated carbocycles. The molecule has 0 saturated heterocycles. The van der Waals surface area contributed by atoms with Gasteiger partial charge in [-0.05, 0) is 6.07 Å². The number of rotatable bonds is 4. The van der Waals surface area contributed by atoms with Crippen molar-refractivity contribution in [1.29, 1.82) is 0 Å². The molecule has 1 amide bonds. The van der Waals surface area contributed by atoms with Crippen LogP contribution in [-0.4, -0.2) is 10.8 Å². The van der Waals surface area contributed by atoms with Gasteiger partial charge in [-0.2, -0.15) is 4.57 Å². The summed E-state index contributed by atoms with van der Waals surface area (Å²) in [5.41, 5.74) is 0.357. The molecule has 0 fully saturated rings. The van der Waals surface area contributed by atoms with Crippen molar-refractivity contribution in [3.05, 3.63) is 65.0 Å². The van der Waals surface area contributed by atoms with E-state index in [2.05, 4.69) is 5.32 Å². The summed E-state index contributed by atoms with van der Waals surface area (Å²) >= 11 is 0. The number of nitro benzene ring substituents is 1. The molecule has 2 aromatic rings. The molecule has 102 valence electrons. The number of nitrogens with one attached hydrogen (secondary N) is 1. The van der Waals surface area contributed by atoms with Crippen LogP contribution < -0.4 is 9.88 Å². The topological polar surface area (TPSA) is 76.1 Å². The van der Waals surface area contributed by atoms with Gasteiger partial charge in [-0.15, -0.1) is 0 Å². The standard InChI is InChI=1S/C14H13N3O3/c1-11(16-8-3-2-4-9-16)14(18)15-12-6-5-7-13(10-12)17(19)20/h2-11H,1H3/p+1/t11-/m1/s1. The number of amides is 1. The fourth-order valence-corrected chi connectivity index (χ4v) is 1.75. The Morgan fingerprint density at radius 1 is 1.25 bits per heavy atom. The summed E-state index contributed by atoms with van der Waals surface area (Å²) in [6.07, 6.45) is 3.58. The lowest BCUT2D eigenvalue weighted by Crippen LogP contribution is -2.43. The number of aromatic nitrogens is 1. The maximum atomic E-state index is 12.1. The average Bonchev–Trinajstić information content (AvgIpc) is 2.47. The summed E-state index contributed by atoms with van der Waals surface area (Å²) in [6.45, 7) is 1.76. The van der Waals surface area contributed by atoms with E-state index in [0.717, 1.165) is 0 Å². The van der Waals surface area contributed by atoms with Crippen LogP contribution in [0.15, 0.2) is 54.9 Å². The predicted molar refractivity (Wildman–Crippen MR) is 73.1 cm³/mol. The van der Waals surface area contributed by atoms with Gasteiger partial charge in [0.15, 0.2) is 12.4 Å². The molecule has 0 unspecified atom stereocenters. The Labute approximate surface area is 115 Å². The molecule has 2 rings (SSSR count). The van der Waals surface area contributed by atoms with Gasteiger partial charge in [0.25, 0.3) is 11.6 Å². The molecule has 0 aliphatic heterocycles. The highest BCUT2D eigenvalue weighted by Crippen LogP contribution is 2.17. The van der Waals surface area contributed by atoms with Crippen LogP contribution >= 0.6 is 0 Å². The highest BCUT2D eigenvalue weighted by molar-refractivity contribution is 5.92. The number of hydrogen-bond acceptors (Lipinski definition) is 3. The summed E-state index contributed by atoms with van der Waals surface area (Å²) in [6, 6.07) is 11.0. The number of benzene rings is 1. The monoisotopic (exact) mass is 272 g/mol. The van der Waals surface area contributed by atoms with Gasteiger partial charge in [0, 0.05) is 36.9 Å². The Morgan fingerprint density at radius 3 is 2.60 bits per heavy atom. The van der Waals surface area contributed by atoms with Crippen molar-refractivity contribution >= 4 is 17.3 Å². The number of pyridine rings is 1. The van der Waals surface area contributed by atoms with Crippen LogP contribution in [0.3, 0.4) is 0 Å². The third-order valence-corrected chi connectivity index (χ3v) is 2.89. The van der Waals surface area contributed by atoms with Gasteiger partial charge < -0.3 is 5.32 Å². The van der Waals surface area contributed by atoms with Crippen molar-refractivity contribution in [2.45, 2.75) is 13.0 Å². The first-order valence-corrected chi connectivity index (χ1v) is 6.09. The number of hydrogen-bond donors (Lipinski definition) is 1. The van der Waals surface area contributed by atoms with Crippen molar-refractivity contribution in [1.82, 2.24) is 0 Å². The van der Waals surface area contributed by atoms with Crippen LogP contribution in [-0.2, 0) is 4.79 Å². The number of nitrogens with zero attached hydrogens (tertiary/aromatic N) is 2. The van der Waals surface area contributed by atoms with Crippen LogP contribution in [0.1, 0.15) is 13.0 Å². The minimum Gasteiger partial charge on any atom is -0.320 e. The second-order valence-electron chi connectivity index (χ2n) is 4.30. The molecule has 0 aliphatic rings. The molecule has 1 aromatic carbocycles. The van der Waals surface area contributed by atoms with Gasteiger partial charge in [-0.25, -0.2) is 0 Å². The van der Waals surface area contributed by atoms with Crippen LogP contribution in [0.4, 0.5) is 11.4 Å². The largest absolute Gasteiger partial charge is 0.320 e. The van der Waals surface area contributed by atoms with Gasteiger partial charge in [0.1, 0.15) is 0 Å². The lowest BCUT2D eigenvalue weighted by Gasteiger charge is -2.08. The molecule has 6 nitrogen and oxygen atoms in total. The highest BCUT2D eigenvalue weighted by Gasteiger charge is 2.21. The molecule has 1 heterocycles. The van der Waals surface area contributed by atoms with Crippen molar-refractivity contribution < 1.29 is 14.3 Å². The molecule has 0 radical (unpaired) electrons. The Hall–Kier alpha value is -2.76. The molecular weight excluding hydrogens is 258 g/mol. The van der Waals surface area contributed by atoms with E-state index >= 15 is 0 Å². The molecule has 1 N–H and O–H groups in total. The van der Waals surface area contributed by atoms with Crippen LogP contribution in [0.2, 0.25) is 0 Å². The van der Waals surface area contributed by atoms with E-state index in [1.807, 2.05) is 18.2 Å². The summed E-state index contributed by atoms with van der Waals surface area (Å²) in [5, 5.41) is 13.4. The van der Waals surface area contributed by atoms with Gasteiger partial charge in [-0.1, -0.05) is 12.1 Å². The minimum atomic E-state index is -0.495. The van der Waals surface area contributed by atoms with Crippen molar-refractivity contribution in [2.75, 3.05) is 5.32 Å². The van der Waals surface area contributed by atoms with Crippen LogP contribution in [0.5, 0.6) is 0 Å². The molecule has 0 bridgehead atoms. The number of carbonyl (C=O) groups is 1. The number of anilines is 1. The fourth-order valence-electron chi connectivity index (χ4n) is 1.75. The minimum absolute atomic E-state index is 0.0529. The number of non-ortho nitro benzene ring substituents is 1.